The molecule has 2 spiro atoms. The number of aryl methyl sites for hydroxylation is 8. The summed E-state index contributed by atoms with van der Waals surface area (Å²) in [5, 5.41) is 12.7. The summed E-state index contributed by atoms with van der Waals surface area (Å²) < 4.78 is 5.53. The summed E-state index contributed by atoms with van der Waals surface area (Å²) in [4.78, 5) is 69.1. The Bertz CT molecular complexity index is 2930. The van der Waals surface area contributed by atoms with Crippen molar-refractivity contribution in [2.75, 3.05) is 21.3 Å². The highest BCUT2D eigenvalue weighted by atomic mass is 16.5. The lowest BCUT2D eigenvalue weighted by Crippen LogP contribution is -2.31. The number of ether oxygens (including phenoxy) is 1. The number of hydrogen-bond acceptors (Lipinski definition) is 6. The van der Waals surface area contributed by atoms with Crippen LogP contribution in [0.2, 0.25) is 0 Å². The van der Waals surface area contributed by atoms with Gasteiger partial charge in [0, 0.05) is 62.8 Å². The van der Waals surface area contributed by atoms with Gasteiger partial charge in [0.05, 0.1) is 0 Å². The van der Waals surface area contributed by atoms with E-state index in [0.29, 0.717) is 22.5 Å². The lowest BCUT2D eigenvalue weighted by atomic mass is 9.64. The average molecular weight is 963 g/mol. The van der Waals surface area contributed by atoms with E-state index in [1.165, 1.54) is 36.2 Å². The lowest BCUT2D eigenvalue weighted by molar-refractivity contribution is -0.131. The first kappa shape index (κ1) is 49.6. The molecule has 15 rings (SSSR count). The van der Waals surface area contributed by atoms with Crippen molar-refractivity contribution < 1.29 is 28.7 Å². The Kier molecular flexibility index (Phi) is 13.6. The fraction of sp³-hybridized carbons (Fsp3) is 0.339. The van der Waals surface area contributed by atoms with E-state index in [0.717, 1.165) is 131 Å². The van der Waals surface area contributed by atoms with Crippen LogP contribution in [0.15, 0.2) is 91.0 Å². The van der Waals surface area contributed by atoms with Crippen LogP contribution < -0.4 is 26.0 Å². The molecule has 0 radical (unpaired) electrons. The third-order valence-electron chi connectivity index (χ3n) is 15.8. The SMILES string of the molecule is CC(=O)Oc1cc2cc(c1)C(=O)Nc1c(C)cc(cc1C)C1(CCCCC1)c1cc(C)c(c(C)c1)NC(=O)c1cccc(c1)C(=O)Nc1c(C)cc(cc1C)C1(CCCCC1)c1cc(C)c(c(C)c1)NC2=O. The second kappa shape index (κ2) is 19.7. The maximum absolute atomic E-state index is 14.3. The Hall–Kier alpha value is -7.33. The zero-order chi connectivity index (χ0) is 51.2. The highest BCUT2D eigenvalue weighted by molar-refractivity contribution is 6.11. The van der Waals surface area contributed by atoms with Gasteiger partial charge in [-0.05, 0) is 184 Å². The molecule has 6 aromatic rings. The van der Waals surface area contributed by atoms with Crippen LogP contribution in [0.3, 0.4) is 0 Å². The number of anilines is 4. The lowest BCUT2D eigenvalue weighted by Gasteiger charge is -2.40. The molecule has 2 aliphatic carbocycles. The topological polar surface area (TPSA) is 143 Å². The average Bonchev–Trinajstić information content (AvgIpc) is 3.35. The van der Waals surface area contributed by atoms with E-state index in [4.69, 9.17) is 4.74 Å². The summed E-state index contributed by atoms with van der Waals surface area (Å²) in [5.74, 6) is -1.96. The maximum Gasteiger partial charge on any atom is 0.308 e. The van der Waals surface area contributed by atoms with Gasteiger partial charge >= 0.3 is 5.97 Å². The molecule has 370 valence electrons. The van der Waals surface area contributed by atoms with Gasteiger partial charge in [0.15, 0.2) is 0 Å². The minimum atomic E-state index is -0.574. The Morgan fingerprint density at radius 3 is 0.931 bits per heavy atom. The van der Waals surface area contributed by atoms with E-state index < -0.39 is 17.8 Å². The number of benzene rings is 6. The van der Waals surface area contributed by atoms with Gasteiger partial charge in [-0.15, -0.1) is 0 Å². The van der Waals surface area contributed by atoms with Gasteiger partial charge in [-0.1, -0.05) is 93.1 Å². The minimum absolute atomic E-state index is 0.0877. The van der Waals surface area contributed by atoms with Crippen molar-refractivity contribution in [1.82, 2.24) is 0 Å². The highest BCUT2D eigenvalue weighted by Gasteiger charge is 2.39. The molecule has 10 heteroatoms. The molecule has 72 heavy (non-hydrogen) atoms. The molecule has 2 saturated carbocycles. The predicted octanol–water partition coefficient (Wildman–Crippen LogP) is 13.9. The van der Waals surface area contributed by atoms with Gasteiger partial charge in [0.25, 0.3) is 23.6 Å². The Morgan fingerprint density at radius 2 is 0.653 bits per heavy atom. The molecule has 12 bridgehead atoms. The van der Waals surface area contributed by atoms with Crippen molar-refractivity contribution in [3.8, 4) is 5.75 Å². The fourth-order valence-electron chi connectivity index (χ4n) is 12.2. The van der Waals surface area contributed by atoms with Crippen molar-refractivity contribution in [2.45, 2.75) is 137 Å². The fourth-order valence-corrected chi connectivity index (χ4v) is 12.2. The molecule has 9 aliphatic rings. The van der Waals surface area contributed by atoms with Crippen molar-refractivity contribution in [1.29, 1.82) is 0 Å². The third kappa shape index (κ3) is 9.47. The van der Waals surface area contributed by atoms with Gasteiger partial charge in [0.1, 0.15) is 5.75 Å². The van der Waals surface area contributed by atoms with Crippen LogP contribution in [0.1, 0.15) is 179 Å². The number of nitrogens with one attached hydrogen (secondary N) is 4. The molecule has 10 nitrogen and oxygen atoms in total. The zero-order valence-corrected chi connectivity index (χ0v) is 43.2. The molecule has 7 aliphatic heterocycles. The molecule has 0 unspecified atom stereocenters. The molecule has 0 saturated heterocycles. The number of carbonyl (C=O) groups is 5. The summed E-state index contributed by atoms with van der Waals surface area (Å²) >= 11 is 0. The highest BCUT2D eigenvalue weighted by Crippen LogP contribution is 2.49. The summed E-state index contributed by atoms with van der Waals surface area (Å²) in [5.41, 5.74) is 15.3. The smallest absolute Gasteiger partial charge is 0.308 e. The van der Waals surface area contributed by atoms with Gasteiger partial charge in [-0.2, -0.15) is 0 Å². The summed E-state index contributed by atoms with van der Waals surface area (Å²) in [6, 6.07) is 28.9. The zero-order valence-electron chi connectivity index (χ0n) is 43.2. The molecule has 2 fully saturated rings. The van der Waals surface area contributed by atoms with Crippen molar-refractivity contribution in [3.05, 3.63) is 180 Å². The first-order valence-corrected chi connectivity index (χ1v) is 25.5. The minimum Gasteiger partial charge on any atom is -0.427 e. The van der Waals surface area contributed by atoms with Gasteiger partial charge in [0.2, 0.25) is 0 Å². The second-order valence-electron chi connectivity index (χ2n) is 21.0. The maximum atomic E-state index is 14.3. The molecule has 0 aromatic heterocycles. The number of amides is 4. The van der Waals surface area contributed by atoms with E-state index in [1.54, 1.807) is 24.3 Å². The number of rotatable bonds is 1. The van der Waals surface area contributed by atoms with Crippen LogP contribution in [-0.2, 0) is 15.6 Å². The summed E-state index contributed by atoms with van der Waals surface area (Å²) in [6.45, 7) is 17.4. The number of esters is 1. The van der Waals surface area contributed by atoms with E-state index in [9.17, 15) is 24.0 Å². The number of hydrogen-bond donors (Lipinski definition) is 4. The molecular formula is C62H66N4O6. The quantitative estimate of drug-likeness (QED) is 0.0955. The van der Waals surface area contributed by atoms with E-state index in [1.807, 2.05) is 55.4 Å². The van der Waals surface area contributed by atoms with E-state index >= 15 is 0 Å². The van der Waals surface area contributed by atoms with Crippen LogP contribution in [0.4, 0.5) is 22.7 Å². The van der Waals surface area contributed by atoms with Gasteiger partial charge in [-0.25, -0.2) is 0 Å². The monoisotopic (exact) mass is 962 g/mol. The Balaban J connectivity index is 1.17. The predicted molar refractivity (Wildman–Crippen MR) is 287 cm³/mol. The van der Waals surface area contributed by atoms with Gasteiger partial charge in [-0.3, -0.25) is 24.0 Å². The van der Waals surface area contributed by atoms with Crippen LogP contribution >= 0.6 is 0 Å². The van der Waals surface area contributed by atoms with Crippen LogP contribution in [-0.4, -0.2) is 29.6 Å². The van der Waals surface area contributed by atoms with Crippen molar-refractivity contribution >= 4 is 52.3 Å². The standard InChI is InChI=1S/C62H66N4O6/c1-35-23-48-24-36(2)53(35)63-57(68)44-17-16-18-45(31-44)58(69)64-54-37(3)25-49(26-38(54)4)62(21-14-11-15-22-62)51-29-41(7)56(42(8)30-51)66-60(71)47-32-46(33-52(34-47)72-43(9)67)59(70)65-55-39(5)27-50(28-40(55)6)61(48)19-12-10-13-20-61/h16-18,23-34H,10-15,19-22H2,1-9H3,(H,63,68)(H,64,69)(H,65,70)(H,66,71). The molecule has 7 heterocycles. The van der Waals surface area contributed by atoms with Crippen LogP contribution in [0, 0.1) is 55.4 Å². The Morgan fingerprint density at radius 1 is 0.389 bits per heavy atom. The second-order valence-corrected chi connectivity index (χ2v) is 21.0. The third-order valence-corrected chi connectivity index (χ3v) is 15.8. The molecule has 4 N–H and O–H groups in total. The Labute approximate surface area is 423 Å². The first-order chi connectivity index (χ1) is 34.3. The van der Waals surface area contributed by atoms with Crippen molar-refractivity contribution in [3.63, 3.8) is 0 Å². The summed E-state index contributed by atoms with van der Waals surface area (Å²) in [7, 11) is 0. The normalized spacial score (nSPS) is 16.7. The molecule has 4 amide bonds. The van der Waals surface area contributed by atoms with Gasteiger partial charge < -0.3 is 26.0 Å². The van der Waals surface area contributed by atoms with Crippen LogP contribution in [0.5, 0.6) is 5.75 Å². The van der Waals surface area contributed by atoms with Crippen molar-refractivity contribution in [2.24, 2.45) is 0 Å². The molecular weight excluding hydrogens is 897 g/mol. The van der Waals surface area contributed by atoms with E-state index in [2.05, 4.69) is 69.8 Å². The van der Waals surface area contributed by atoms with Crippen LogP contribution in [0.25, 0.3) is 0 Å². The van der Waals surface area contributed by atoms with E-state index in [-0.39, 0.29) is 39.5 Å². The largest absolute Gasteiger partial charge is 0.427 e. The first-order valence-electron chi connectivity index (χ1n) is 25.5. The molecule has 0 atom stereocenters. The number of carbonyl (C=O) groups excluding carboxylic acids is 5. The summed E-state index contributed by atoms with van der Waals surface area (Å²) in [6.07, 6.45) is 10.3. The molecule has 6 aromatic carbocycles.